The second kappa shape index (κ2) is 9.13. The molecule has 0 aliphatic heterocycles. The number of nitrogens with zero attached hydrogens (tertiary/aromatic N) is 1. The van der Waals surface area contributed by atoms with Gasteiger partial charge in [0.25, 0.3) is 0 Å². The molecule has 0 radical (unpaired) electrons. The van der Waals surface area contributed by atoms with Crippen molar-refractivity contribution in [2.24, 2.45) is 0 Å². The minimum Gasteiger partial charge on any atom is -0.497 e. The molecule has 0 aliphatic carbocycles. The first-order valence-corrected chi connectivity index (χ1v) is 8.83. The van der Waals surface area contributed by atoms with Crippen molar-refractivity contribution in [3.05, 3.63) is 53.6 Å². The van der Waals surface area contributed by atoms with E-state index in [0.717, 1.165) is 23.3 Å². The quantitative estimate of drug-likeness (QED) is 0.795. The van der Waals surface area contributed by atoms with Crippen LogP contribution in [0.15, 0.2) is 42.5 Å². The molecule has 0 aliphatic rings. The summed E-state index contributed by atoms with van der Waals surface area (Å²) in [4.78, 5) is 14.6. The van der Waals surface area contributed by atoms with Crippen LogP contribution >= 0.6 is 0 Å². The fourth-order valence-electron chi connectivity index (χ4n) is 2.97. The van der Waals surface area contributed by atoms with E-state index in [1.54, 1.807) is 14.2 Å². The molecule has 2 rings (SSSR count). The maximum Gasteiger partial charge on any atom is 0.322 e. The number of ether oxygens (including phenoxy) is 2. The smallest absolute Gasteiger partial charge is 0.322 e. The van der Waals surface area contributed by atoms with Gasteiger partial charge in [-0.2, -0.15) is 0 Å². The van der Waals surface area contributed by atoms with Crippen molar-refractivity contribution in [2.75, 3.05) is 26.1 Å². The summed E-state index contributed by atoms with van der Waals surface area (Å²) in [6, 6.07) is 13.6. The zero-order chi connectivity index (χ0) is 19.1. The topological polar surface area (TPSA) is 50.8 Å². The van der Waals surface area contributed by atoms with Crippen LogP contribution in [0.2, 0.25) is 0 Å². The number of hydrogen-bond donors (Lipinski definition) is 1. The highest BCUT2D eigenvalue weighted by Gasteiger charge is 2.20. The van der Waals surface area contributed by atoms with E-state index >= 15 is 0 Å². The van der Waals surface area contributed by atoms with Crippen molar-refractivity contribution in [3.63, 3.8) is 0 Å². The van der Waals surface area contributed by atoms with E-state index in [2.05, 4.69) is 12.2 Å². The van der Waals surface area contributed by atoms with E-state index in [-0.39, 0.29) is 12.1 Å². The molecule has 0 saturated heterocycles. The van der Waals surface area contributed by atoms with Crippen LogP contribution in [0.4, 0.5) is 10.5 Å². The lowest BCUT2D eigenvalue weighted by Gasteiger charge is -2.28. The molecular formula is C21H28N2O3. The highest BCUT2D eigenvalue weighted by molar-refractivity contribution is 5.91. The summed E-state index contributed by atoms with van der Waals surface area (Å²) in [5.41, 5.74) is 2.92. The van der Waals surface area contributed by atoms with Crippen LogP contribution in [0.25, 0.3) is 0 Å². The molecule has 1 N–H and O–H groups in total. The third kappa shape index (κ3) is 4.91. The Hall–Kier alpha value is -2.69. The molecule has 0 spiro atoms. The van der Waals surface area contributed by atoms with Crippen LogP contribution < -0.4 is 14.8 Å². The fraction of sp³-hybridized carbons (Fsp3) is 0.381. The summed E-state index contributed by atoms with van der Waals surface area (Å²) >= 11 is 0. The average Bonchev–Trinajstić information content (AvgIpc) is 2.63. The molecule has 2 amide bonds. The number of hydrogen-bond acceptors (Lipinski definition) is 3. The van der Waals surface area contributed by atoms with Gasteiger partial charge in [-0.3, -0.25) is 0 Å². The number of rotatable bonds is 7. The van der Waals surface area contributed by atoms with Gasteiger partial charge in [0.05, 0.1) is 19.9 Å². The highest BCUT2D eigenvalue weighted by atomic mass is 16.5. The molecule has 5 heteroatoms. The Kier molecular flexibility index (Phi) is 6.89. The van der Waals surface area contributed by atoms with E-state index in [1.165, 1.54) is 0 Å². The van der Waals surface area contributed by atoms with Gasteiger partial charge >= 0.3 is 6.03 Å². The molecule has 2 aromatic rings. The van der Waals surface area contributed by atoms with Crippen LogP contribution in [-0.2, 0) is 6.42 Å². The van der Waals surface area contributed by atoms with Crippen molar-refractivity contribution >= 4 is 11.7 Å². The summed E-state index contributed by atoms with van der Waals surface area (Å²) in [7, 11) is 3.25. The predicted octanol–water partition coefficient (Wildman–Crippen LogP) is 4.50. The van der Waals surface area contributed by atoms with Gasteiger partial charge in [0.15, 0.2) is 0 Å². The number of nitrogens with one attached hydrogen (secondary N) is 1. The van der Waals surface area contributed by atoms with Crippen LogP contribution in [0.1, 0.15) is 25.0 Å². The summed E-state index contributed by atoms with van der Waals surface area (Å²) in [6.07, 6.45) is 0.774. The Bertz CT molecular complexity index is 729. The highest BCUT2D eigenvalue weighted by Crippen LogP contribution is 2.26. The molecular weight excluding hydrogens is 328 g/mol. The van der Waals surface area contributed by atoms with Gasteiger partial charge in [0.1, 0.15) is 11.5 Å². The summed E-state index contributed by atoms with van der Waals surface area (Å²) in [5, 5.41) is 2.98. The first kappa shape index (κ1) is 19.6. The molecule has 2 aromatic carbocycles. The lowest BCUT2D eigenvalue weighted by Crippen LogP contribution is -2.42. The van der Waals surface area contributed by atoms with Crippen molar-refractivity contribution in [1.82, 2.24) is 4.90 Å². The van der Waals surface area contributed by atoms with Gasteiger partial charge in [-0.1, -0.05) is 18.2 Å². The third-order valence-corrected chi connectivity index (χ3v) is 4.42. The normalized spacial score (nSPS) is 11.6. The molecule has 0 saturated carbocycles. The van der Waals surface area contributed by atoms with Crippen molar-refractivity contribution < 1.29 is 14.3 Å². The SMILES string of the molecule is CCN(C(=O)Nc1cc(C)ccc1OC)C(C)Cc1ccc(OC)cc1. The Balaban J connectivity index is 2.08. The van der Waals surface area contributed by atoms with Gasteiger partial charge in [-0.25, -0.2) is 4.79 Å². The number of benzene rings is 2. The number of carbonyl (C=O) groups excluding carboxylic acids is 1. The first-order valence-electron chi connectivity index (χ1n) is 8.83. The monoisotopic (exact) mass is 356 g/mol. The lowest BCUT2D eigenvalue weighted by molar-refractivity contribution is 0.196. The Morgan fingerprint density at radius 3 is 2.38 bits per heavy atom. The van der Waals surface area contributed by atoms with Gasteiger partial charge in [-0.15, -0.1) is 0 Å². The van der Waals surface area contributed by atoms with E-state index < -0.39 is 0 Å². The van der Waals surface area contributed by atoms with Crippen molar-refractivity contribution in [2.45, 2.75) is 33.2 Å². The summed E-state index contributed by atoms with van der Waals surface area (Å²) in [5.74, 6) is 1.49. The van der Waals surface area contributed by atoms with Gasteiger partial charge in [0, 0.05) is 12.6 Å². The second-order valence-corrected chi connectivity index (χ2v) is 6.32. The van der Waals surface area contributed by atoms with E-state index in [1.807, 2.05) is 61.2 Å². The summed E-state index contributed by atoms with van der Waals surface area (Å²) < 4.78 is 10.5. The zero-order valence-corrected chi connectivity index (χ0v) is 16.2. The number of anilines is 1. The van der Waals surface area contributed by atoms with Crippen molar-refractivity contribution in [1.29, 1.82) is 0 Å². The number of likely N-dealkylation sites (N-methyl/N-ethyl adjacent to an activating group) is 1. The first-order chi connectivity index (χ1) is 12.5. The molecule has 26 heavy (non-hydrogen) atoms. The number of methoxy groups -OCH3 is 2. The Labute approximate surface area is 155 Å². The second-order valence-electron chi connectivity index (χ2n) is 6.32. The molecule has 0 aromatic heterocycles. The standard InChI is InChI=1S/C21H28N2O3/c1-6-23(16(3)14-17-8-10-18(25-4)11-9-17)21(24)22-19-13-15(2)7-12-20(19)26-5/h7-13,16H,6,14H2,1-5H3,(H,22,24). The molecule has 1 atom stereocenters. The van der Waals surface area contributed by atoms with Crippen LogP contribution in [0.5, 0.6) is 11.5 Å². The minimum atomic E-state index is -0.127. The Morgan fingerprint density at radius 1 is 1.12 bits per heavy atom. The predicted molar refractivity (Wildman–Crippen MR) is 105 cm³/mol. The van der Waals surface area contributed by atoms with Gasteiger partial charge in [0.2, 0.25) is 0 Å². The number of amides is 2. The van der Waals surface area contributed by atoms with Crippen LogP contribution in [-0.4, -0.2) is 37.7 Å². The fourth-order valence-corrected chi connectivity index (χ4v) is 2.97. The number of urea groups is 1. The molecule has 0 bridgehead atoms. The minimum absolute atomic E-state index is 0.0594. The molecule has 0 heterocycles. The summed E-state index contributed by atoms with van der Waals surface area (Å²) in [6.45, 7) is 6.65. The Morgan fingerprint density at radius 2 is 1.81 bits per heavy atom. The number of carbonyl (C=O) groups is 1. The zero-order valence-electron chi connectivity index (χ0n) is 16.2. The molecule has 0 fully saturated rings. The van der Waals surface area contributed by atoms with Crippen LogP contribution in [0, 0.1) is 6.92 Å². The van der Waals surface area contributed by atoms with E-state index in [0.29, 0.717) is 18.0 Å². The van der Waals surface area contributed by atoms with Gasteiger partial charge < -0.3 is 19.7 Å². The maximum absolute atomic E-state index is 12.8. The molecule has 5 nitrogen and oxygen atoms in total. The lowest BCUT2D eigenvalue weighted by atomic mass is 10.1. The maximum atomic E-state index is 12.8. The van der Waals surface area contributed by atoms with Crippen molar-refractivity contribution in [3.8, 4) is 11.5 Å². The average molecular weight is 356 g/mol. The van der Waals surface area contributed by atoms with Crippen LogP contribution in [0.3, 0.4) is 0 Å². The largest absolute Gasteiger partial charge is 0.497 e. The third-order valence-electron chi connectivity index (χ3n) is 4.42. The van der Waals surface area contributed by atoms with E-state index in [9.17, 15) is 4.79 Å². The molecule has 140 valence electrons. The van der Waals surface area contributed by atoms with E-state index in [4.69, 9.17) is 9.47 Å². The number of aryl methyl sites for hydroxylation is 1. The molecule has 1 unspecified atom stereocenters. The van der Waals surface area contributed by atoms with Gasteiger partial charge in [-0.05, 0) is 62.6 Å².